The van der Waals surface area contributed by atoms with E-state index >= 15 is 0 Å². The van der Waals surface area contributed by atoms with E-state index in [4.69, 9.17) is 11.1 Å². The zero-order chi connectivity index (χ0) is 8.69. The van der Waals surface area contributed by atoms with Gasteiger partial charge in [0.15, 0.2) is 0 Å². The standard InChI is InChI=1S/C8H15N3/c1-3-7(4-2)8(11-10)5-6-9/h5,7,11H,3-4,10H2,1-2H3/b8-5+. The molecule has 0 spiro atoms. The molecule has 0 aromatic heterocycles. The number of hydrogen-bond acceptors (Lipinski definition) is 3. The molecule has 11 heavy (non-hydrogen) atoms. The van der Waals surface area contributed by atoms with Crippen LogP contribution in [0.3, 0.4) is 0 Å². The Balaban J connectivity index is 4.24. The minimum Gasteiger partial charge on any atom is -0.327 e. The number of hydrogen-bond donors (Lipinski definition) is 2. The predicted molar refractivity (Wildman–Crippen MR) is 45.1 cm³/mol. The molecule has 3 heteroatoms. The summed E-state index contributed by atoms with van der Waals surface area (Å²) in [5.74, 6) is 5.63. The van der Waals surface area contributed by atoms with E-state index in [0.717, 1.165) is 18.5 Å². The first-order valence-electron chi connectivity index (χ1n) is 3.86. The highest BCUT2D eigenvalue weighted by molar-refractivity contribution is 5.13. The molecular weight excluding hydrogens is 138 g/mol. The molecule has 0 aromatic carbocycles. The van der Waals surface area contributed by atoms with Gasteiger partial charge in [0.2, 0.25) is 0 Å². The maximum absolute atomic E-state index is 8.39. The minimum absolute atomic E-state index is 0.389. The van der Waals surface area contributed by atoms with Gasteiger partial charge in [-0.15, -0.1) is 0 Å². The van der Waals surface area contributed by atoms with E-state index in [9.17, 15) is 0 Å². The Morgan fingerprint density at radius 3 is 2.45 bits per heavy atom. The third kappa shape index (κ3) is 3.06. The monoisotopic (exact) mass is 153 g/mol. The minimum atomic E-state index is 0.389. The molecule has 0 atom stereocenters. The third-order valence-corrected chi connectivity index (χ3v) is 1.81. The van der Waals surface area contributed by atoms with Gasteiger partial charge < -0.3 is 5.43 Å². The van der Waals surface area contributed by atoms with Crippen LogP contribution in [0.1, 0.15) is 26.7 Å². The van der Waals surface area contributed by atoms with E-state index in [-0.39, 0.29) is 0 Å². The molecule has 0 aliphatic carbocycles. The van der Waals surface area contributed by atoms with Gasteiger partial charge in [0.1, 0.15) is 0 Å². The van der Waals surface area contributed by atoms with Crippen molar-refractivity contribution >= 4 is 0 Å². The Kier molecular flexibility index (Phi) is 5.22. The largest absolute Gasteiger partial charge is 0.327 e. The summed E-state index contributed by atoms with van der Waals surface area (Å²) in [6.45, 7) is 4.16. The number of rotatable bonds is 4. The molecule has 0 fully saturated rings. The van der Waals surface area contributed by atoms with Crippen LogP contribution < -0.4 is 11.3 Å². The summed E-state index contributed by atoms with van der Waals surface area (Å²) in [7, 11) is 0. The Bertz CT molecular complexity index is 163. The second kappa shape index (κ2) is 5.75. The summed E-state index contributed by atoms with van der Waals surface area (Å²) >= 11 is 0. The molecular formula is C8H15N3. The van der Waals surface area contributed by atoms with Gasteiger partial charge >= 0.3 is 0 Å². The fourth-order valence-corrected chi connectivity index (χ4v) is 1.08. The van der Waals surface area contributed by atoms with E-state index in [1.165, 1.54) is 6.08 Å². The SMILES string of the molecule is CCC(CC)/C(=C\C#N)NN. The highest BCUT2D eigenvalue weighted by atomic mass is 15.2. The van der Waals surface area contributed by atoms with Crippen molar-refractivity contribution in [2.24, 2.45) is 11.8 Å². The fraction of sp³-hybridized carbons (Fsp3) is 0.625. The second-order valence-electron chi connectivity index (χ2n) is 2.39. The van der Waals surface area contributed by atoms with Gasteiger partial charge in [0, 0.05) is 17.7 Å². The number of nitrogens with zero attached hydrogens (tertiary/aromatic N) is 1. The highest BCUT2D eigenvalue weighted by Gasteiger charge is 2.07. The van der Waals surface area contributed by atoms with Crippen molar-refractivity contribution in [2.75, 3.05) is 0 Å². The van der Waals surface area contributed by atoms with Crippen molar-refractivity contribution in [3.05, 3.63) is 11.8 Å². The normalized spacial score (nSPS) is 11.4. The number of nitrogens with two attached hydrogens (primary N) is 1. The third-order valence-electron chi connectivity index (χ3n) is 1.81. The second-order valence-corrected chi connectivity index (χ2v) is 2.39. The Hall–Kier alpha value is -1.01. The highest BCUT2D eigenvalue weighted by Crippen LogP contribution is 2.14. The Morgan fingerprint density at radius 1 is 1.64 bits per heavy atom. The summed E-state index contributed by atoms with van der Waals surface area (Å²) < 4.78 is 0. The van der Waals surface area contributed by atoms with Crippen molar-refractivity contribution in [2.45, 2.75) is 26.7 Å². The van der Waals surface area contributed by atoms with Crippen LogP contribution in [0.15, 0.2) is 11.8 Å². The zero-order valence-electron chi connectivity index (χ0n) is 7.09. The first-order valence-corrected chi connectivity index (χ1v) is 3.86. The van der Waals surface area contributed by atoms with Gasteiger partial charge in [-0.25, -0.2) is 0 Å². The van der Waals surface area contributed by atoms with Crippen LogP contribution in [0, 0.1) is 17.2 Å². The van der Waals surface area contributed by atoms with Crippen molar-refractivity contribution in [3.8, 4) is 6.07 Å². The maximum Gasteiger partial charge on any atom is 0.0930 e. The maximum atomic E-state index is 8.39. The molecule has 0 radical (unpaired) electrons. The van der Waals surface area contributed by atoms with Crippen LogP contribution in [0.25, 0.3) is 0 Å². The summed E-state index contributed by atoms with van der Waals surface area (Å²) in [5, 5.41) is 8.39. The van der Waals surface area contributed by atoms with Gasteiger partial charge in [0.25, 0.3) is 0 Å². The van der Waals surface area contributed by atoms with E-state index in [2.05, 4.69) is 19.3 Å². The van der Waals surface area contributed by atoms with Crippen molar-refractivity contribution in [1.29, 1.82) is 5.26 Å². The molecule has 3 nitrogen and oxygen atoms in total. The van der Waals surface area contributed by atoms with Gasteiger partial charge in [-0.2, -0.15) is 5.26 Å². The summed E-state index contributed by atoms with van der Waals surface area (Å²) in [5.41, 5.74) is 3.37. The Labute approximate surface area is 67.9 Å². The molecule has 0 aromatic rings. The van der Waals surface area contributed by atoms with Crippen LogP contribution in [-0.4, -0.2) is 0 Å². The van der Waals surface area contributed by atoms with Crippen LogP contribution in [0.4, 0.5) is 0 Å². The zero-order valence-corrected chi connectivity index (χ0v) is 7.09. The topological polar surface area (TPSA) is 61.8 Å². The summed E-state index contributed by atoms with van der Waals surface area (Å²) in [4.78, 5) is 0. The molecule has 0 unspecified atom stereocenters. The van der Waals surface area contributed by atoms with E-state index in [1.807, 2.05) is 6.07 Å². The van der Waals surface area contributed by atoms with E-state index in [1.54, 1.807) is 0 Å². The van der Waals surface area contributed by atoms with Gasteiger partial charge in [0.05, 0.1) is 6.07 Å². The molecule has 0 saturated heterocycles. The number of allylic oxidation sites excluding steroid dienone is 2. The average Bonchev–Trinajstić information content (AvgIpc) is 2.05. The smallest absolute Gasteiger partial charge is 0.0930 e. The molecule has 0 saturated carbocycles. The van der Waals surface area contributed by atoms with Crippen LogP contribution in [0.2, 0.25) is 0 Å². The van der Waals surface area contributed by atoms with Crippen LogP contribution in [0.5, 0.6) is 0 Å². The van der Waals surface area contributed by atoms with Crippen molar-refractivity contribution in [1.82, 2.24) is 5.43 Å². The van der Waals surface area contributed by atoms with Gasteiger partial charge in [-0.3, -0.25) is 5.84 Å². The number of nitrogens with one attached hydrogen (secondary N) is 1. The lowest BCUT2D eigenvalue weighted by Gasteiger charge is -2.14. The lowest BCUT2D eigenvalue weighted by Crippen LogP contribution is -2.26. The molecule has 0 amide bonds. The lowest BCUT2D eigenvalue weighted by molar-refractivity contribution is 0.531. The van der Waals surface area contributed by atoms with Crippen LogP contribution >= 0.6 is 0 Å². The molecule has 3 N–H and O–H groups in total. The fourth-order valence-electron chi connectivity index (χ4n) is 1.08. The van der Waals surface area contributed by atoms with E-state index in [0.29, 0.717) is 5.92 Å². The summed E-state index contributed by atoms with van der Waals surface area (Å²) in [6, 6.07) is 1.96. The summed E-state index contributed by atoms with van der Waals surface area (Å²) in [6.07, 6.45) is 3.49. The number of hydrazine groups is 1. The van der Waals surface area contributed by atoms with Crippen molar-refractivity contribution < 1.29 is 0 Å². The quantitative estimate of drug-likeness (QED) is 0.363. The van der Waals surface area contributed by atoms with Crippen LogP contribution in [-0.2, 0) is 0 Å². The van der Waals surface area contributed by atoms with Crippen molar-refractivity contribution in [3.63, 3.8) is 0 Å². The first-order chi connectivity index (χ1) is 5.29. The van der Waals surface area contributed by atoms with Gasteiger partial charge in [-0.1, -0.05) is 13.8 Å². The van der Waals surface area contributed by atoms with Gasteiger partial charge in [-0.05, 0) is 12.8 Å². The molecule has 0 heterocycles. The number of nitriles is 1. The van der Waals surface area contributed by atoms with E-state index < -0.39 is 0 Å². The predicted octanol–water partition coefficient (Wildman–Crippen LogP) is 1.29. The average molecular weight is 153 g/mol. The Morgan fingerprint density at radius 2 is 2.18 bits per heavy atom. The molecule has 0 aliphatic heterocycles. The molecule has 0 bridgehead atoms. The molecule has 0 rings (SSSR count). The lowest BCUT2D eigenvalue weighted by atomic mass is 9.99. The molecule has 0 aliphatic rings. The first kappa shape index (κ1) is 9.99. The molecule has 62 valence electrons.